The van der Waals surface area contributed by atoms with E-state index in [9.17, 15) is 34.5 Å². The van der Waals surface area contributed by atoms with Crippen LogP contribution in [0.2, 0.25) is 0 Å². The van der Waals surface area contributed by atoms with Gasteiger partial charge >= 0.3 is 136 Å². The van der Waals surface area contributed by atoms with Crippen LogP contribution in [0.3, 0.4) is 0 Å². The van der Waals surface area contributed by atoms with Gasteiger partial charge in [0.25, 0.3) is 0 Å². The van der Waals surface area contributed by atoms with E-state index in [1.54, 1.807) is 0 Å². The zero-order valence-electron chi connectivity index (χ0n) is 12.0. The van der Waals surface area contributed by atoms with Crippen LogP contribution < -0.4 is 0 Å². The monoisotopic (exact) mass is 398 g/mol. The van der Waals surface area contributed by atoms with Gasteiger partial charge in [0, 0.05) is 0 Å². The molecule has 23 heavy (non-hydrogen) atoms. The summed E-state index contributed by atoms with van der Waals surface area (Å²) in [6.07, 6.45) is -11.8. The molecule has 2 saturated heterocycles. The van der Waals surface area contributed by atoms with Crippen LogP contribution in [0.5, 0.6) is 0 Å². The van der Waals surface area contributed by atoms with Gasteiger partial charge in [-0.25, -0.2) is 0 Å². The van der Waals surface area contributed by atoms with Crippen LogP contribution in [-0.2, 0) is 13.0 Å². The Bertz CT molecular complexity index is 383. The van der Waals surface area contributed by atoms with E-state index in [1.165, 1.54) is 0 Å². The van der Waals surface area contributed by atoms with Gasteiger partial charge < -0.3 is 0 Å². The second-order valence-corrected chi connectivity index (χ2v) is 9.17. The van der Waals surface area contributed by atoms with Crippen LogP contribution in [-0.4, -0.2) is 123 Å². The average molecular weight is 399 g/mol. The molecule has 2 rings (SSSR count). The van der Waals surface area contributed by atoms with E-state index >= 15 is 0 Å². The van der Waals surface area contributed by atoms with Gasteiger partial charge in [-0.1, -0.05) is 0 Å². The van der Waals surface area contributed by atoms with Crippen molar-refractivity contribution in [2.75, 3.05) is 13.2 Å². The third kappa shape index (κ3) is 3.90. The minimum atomic E-state index is -3.63. The first-order chi connectivity index (χ1) is 10.8. The first-order valence-electron chi connectivity index (χ1n) is 7.08. The van der Waals surface area contributed by atoms with E-state index in [-0.39, 0.29) is 0 Å². The summed E-state index contributed by atoms with van der Waals surface area (Å²) in [6, 6.07) is 0. The molecular weight excluding hydrogens is 378 g/mol. The molecule has 11 nitrogen and oxygen atoms in total. The topological polar surface area (TPSA) is 190 Å². The Labute approximate surface area is 137 Å². The number of aliphatic hydroxyl groups is 7. The third-order valence-electron chi connectivity index (χ3n) is 3.98. The minimum absolute atomic E-state index is 0.631. The molecule has 2 fully saturated rings. The van der Waals surface area contributed by atoms with E-state index in [0.717, 1.165) is 0 Å². The Balaban J connectivity index is 2.11. The summed E-state index contributed by atoms with van der Waals surface area (Å²) < 4.78 is 23.5. The van der Waals surface area contributed by atoms with E-state index in [0.29, 0.717) is 0 Å². The number of ether oxygens (including phenoxy) is 2. The van der Waals surface area contributed by atoms with Crippen molar-refractivity contribution in [2.24, 2.45) is 0 Å². The van der Waals surface area contributed by atoms with Crippen LogP contribution in [0.15, 0.2) is 0 Å². The number of rotatable bonds is 4. The first kappa shape index (κ1) is 19.5. The first-order valence-corrected chi connectivity index (χ1v) is 10.6. The molecule has 9 atom stereocenters. The molecule has 12 heteroatoms. The van der Waals surface area contributed by atoms with Gasteiger partial charge in [-0.05, 0) is 0 Å². The Kier molecular flexibility index (Phi) is 6.83. The van der Waals surface area contributed by atoms with Gasteiger partial charge in [-0.2, -0.15) is 0 Å². The molecule has 0 radical (unpaired) electrons. The molecule has 0 unspecified atom stereocenters. The molecular formula is C11H21GaO11. The molecule has 0 aromatic heterocycles. The maximum absolute atomic E-state index is 9.99. The molecule has 0 amide bonds. The van der Waals surface area contributed by atoms with Gasteiger partial charge in [0.15, 0.2) is 0 Å². The zero-order valence-corrected chi connectivity index (χ0v) is 14.4. The van der Waals surface area contributed by atoms with E-state index in [4.69, 9.17) is 18.1 Å². The van der Waals surface area contributed by atoms with Gasteiger partial charge in [0.1, 0.15) is 0 Å². The molecule has 0 aromatic carbocycles. The Hall–Kier alpha value is 0.196. The quantitative estimate of drug-likeness (QED) is 0.210. The molecule has 0 aliphatic carbocycles. The third-order valence-corrected chi connectivity index (χ3v) is 7.35. The van der Waals surface area contributed by atoms with Crippen LogP contribution in [0.4, 0.5) is 0 Å². The fraction of sp³-hybridized carbons (Fsp3) is 1.00. The van der Waals surface area contributed by atoms with Crippen molar-refractivity contribution in [3.63, 3.8) is 0 Å². The van der Waals surface area contributed by atoms with Crippen molar-refractivity contribution in [1.82, 2.24) is 0 Å². The van der Waals surface area contributed by atoms with E-state index in [1.807, 2.05) is 0 Å². The molecule has 0 saturated carbocycles. The molecule has 134 valence electrons. The maximum atomic E-state index is 9.99. The van der Waals surface area contributed by atoms with Crippen molar-refractivity contribution in [2.45, 2.75) is 53.7 Å². The van der Waals surface area contributed by atoms with Crippen LogP contribution in [0.1, 0.15) is 0 Å². The predicted molar refractivity (Wildman–Crippen MR) is 70.6 cm³/mol. The van der Waals surface area contributed by atoms with Crippen LogP contribution >= 0.6 is 0 Å². The number of hydrogen-bond donors (Lipinski definition) is 8. The van der Waals surface area contributed by atoms with Gasteiger partial charge in [-0.15, -0.1) is 0 Å². The second-order valence-electron chi connectivity index (χ2n) is 5.53. The predicted octanol–water partition coefficient (Wildman–Crippen LogP) is -5.70. The van der Waals surface area contributed by atoms with Gasteiger partial charge in [0.2, 0.25) is 0 Å². The molecule has 8 N–H and O–H groups in total. The fourth-order valence-electron chi connectivity index (χ4n) is 2.57. The molecule has 2 heterocycles. The normalized spacial score (nSPS) is 48.5. The summed E-state index contributed by atoms with van der Waals surface area (Å²) in [4.78, 5) is 0. The van der Waals surface area contributed by atoms with Crippen LogP contribution in [0.25, 0.3) is 0 Å². The van der Waals surface area contributed by atoms with Crippen LogP contribution in [0, 0.1) is 0 Å². The van der Waals surface area contributed by atoms with Crippen molar-refractivity contribution in [1.29, 1.82) is 0 Å². The van der Waals surface area contributed by atoms with E-state index in [2.05, 4.69) is 0 Å². The summed E-state index contributed by atoms with van der Waals surface area (Å²) >= 11 is -3.63. The summed E-state index contributed by atoms with van der Waals surface area (Å²) in [5.74, 6) is 0. The Morgan fingerprint density at radius 3 is 2.00 bits per heavy atom. The fourth-order valence-corrected chi connectivity index (χ4v) is 5.33. The summed E-state index contributed by atoms with van der Waals surface area (Å²) in [5.41, 5.74) is 0. The summed E-state index contributed by atoms with van der Waals surface area (Å²) in [5, 5.41) is 67.3. The number of aliphatic hydroxyl groups excluding tert-OH is 7. The molecule has 0 spiro atoms. The molecule has 0 aromatic rings. The average Bonchev–Trinajstić information content (AvgIpc) is 2.55. The SMILES string of the molecule is OC[C@H]1O[C@@H](O[C@H]2[C@H](O)[C@@H](O)[Ga]([OH])[O][C@@H]2CO)[C@H](O)[C@@H](O)[C@H]1O. The summed E-state index contributed by atoms with van der Waals surface area (Å²) in [7, 11) is 0. The van der Waals surface area contributed by atoms with Crippen molar-refractivity contribution in [3.8, 4) is 0 Å². The second kappa shape index (κ2) is 8.05. The zero-order chi connectivity index (χ0) is 17.3. The van der Waals surface area contributed by atoms with Crippen molar-refractivity contribution >= 4 is 16.9 Å². The van der Waals surface area contributed by atoms with E-state index < -0.39 is 83.8 Å². The molecule has 2 aliphatic heterocycles. The molecule has 0 bridgehead atoms. The van der Waals surface area contributed by atoms with Gasteiger partial charge in [-0.3, -0.25) is 0 Å². The van der Waals surface area contributed by atoms with Crippen molar-refractivity contribution in [3.05, 3.63) is 0 Å². The van der Waals surface area contributed by atoms with Gasteiger partial charge in [0.05, 0.1) is 0 Å². The van der Waals surface area contributed by atoms with Crippen molar-refractivity contribution < 1.29 is 52.6 Å². The standard InChI is InChI=1S/C11H20O10.Ga.H2O/c12-1-4(15)10(5(16)2-13)21-11-9(19)8(18)7(17)6(3-14)20-11;;/h1,4-15,17-19H,2-3H2;;1H2/q-1;+2;/p-1/t4-,5-,6-,7+,8+,9-,10+,11+;;/m1../s1. The number of hydrogen-bond acceptors (Lipinski definition) is 11. The Morgan fingerprint density at radius 2 is 1.43 bits per heavy atom. The molecule has 2 aliphatic rings. The summed E-state index contributed by atoms with van der Waals surface area (Å²) in [6.45, 7) is -1.29. The Morgan fingerprint density at radius 1 is 0.826 bits per heavy atom.